The highest BCUT2D eigenvalue weighted by molar-refractivity contribution is 6.34. The number of aliphatic carboxylic acids is 1. The number of nitrogens with one attached hydrogen (secondary N) is 3. The molecule has 198 valence electrons. The first-order chi connectivity index (χ1) is 18.1. The number of pyridine rings is 1. The van der Waals surface area contributed by atoms with Crippen LogP contribution in [0.15, 0.2) is 30.5 Å². The number of anilines is 1. The molecule has 3 aromatic rings. The van der Waals surface area contributed by atoms with Gasteiger partial charge < -0.3 is 30.5 Å². The van der Waals surface area contributed by atoms with E-state index in [1.807, 2.05) is 0 Å². The standard InChI is InChI=1S/C25H21ClF2N4O6/c1-37-18-10-15-12(8-13(18)22(33)32-25(5-6-25)23(34)35)17(4-7-29-15)38-21-14(27)9-16(19(26)20(21)28)31-24(36)30-11-2-3-11/h4,7-11H,2-3,5-6H2,1H3,(H,32,33)(H,34,35)(H2,30,31,36). The number of aromatic nitrogens is 1. The van der Waals surface area contributed by atoms with Crippen LogP contribution >= 0.6 is 11.6 Å². The van der Waals surface area contributed by atoms with Crippen molar-refractivity contribution in [2.24, 2.45) is 0 Å². The smallest absolute Gasteiger partial charge is 0.329 e. The monoisotopic (exact) mass is 546 g/mol. The highest BCUT2D eigenvalue weighted by atomic mass is 35.5. The lowest BCUT2D eigenvalue weighted by Crippen LogP contribution is -2.43. The first kappa shape index (κ1) is 25.5. The van der Waals surface area contributed by atoms with E-state index in [0.29, 0.717) is 0 Å². The second kappa shape index (κ2) is 9.60. The minimum Gasteiger partial charge on any atom is -0.496 e. The highest BCUT2D eigenvalue weighted by Gasteiger charge is 2.52. The Labute approximate surface area is 219 Å². The molecule has 2 fully saturated rings. The summed E-state index contributed by atoms with van der Waals surface area (Å²) in [7, 11) is 1.33. The molecule has 38 heavy (non-hydrogen) atoms. The minimum absolute atomic E-state index is 0.0226. The predicted octanol–water partition coefficient (Wildman–Crippen LogP) is 4.60. The maximum Gasteiger partial charge on any atom is 0.329 e. The lowest BCUT2D eigenvalue weighted by molar-refractivity contribution is -0.140. The SMILES string of the molecule is COc1cc2nccc(Oc3c(F)cc(NC(=O)NC4CC4)c(Cl)c3F)c2cc1C(=O)NC1(C(=O)O)CC1. The number of benzene rings is 2. The van der Waals surface area contributed by atoms with Gasteiger partial charge in [-0.2, -0.15) is 0 Å². The summed E-state index contributed by atoms with van der Waals surface area (Å²) >= 11 is 6.06. The number of urea groups is 1. The third-order valence-electron chi connectivity index (χ3n) is 6.27. The van der Waals surface area contributed by atoms with Gasteiger partial charge in [-0.15, -0.1) is 0 Å². The Morgan fingerprint density at radius 1 is 1.16 bits per heavy atom. The van der Waals surface area contributed by atoms with Crippen LogP contribution in [0.1, 0.15) is 36.0 Å². The zero-order valence-electron chi connectivity index (χ0n) is 19.9. The first-order valence-electron chi connectivity index (χ1n) is 11.6. The van der Waals surface area contributed by atoms with Gasteiger partial charge in [0.05, 0.1) is 23.9 Å². The Balaban J connectivity index is 1.48. The molecule has 0 spiro atoms. The number of ether oxygens (including phenoxy) is 2. The van der Waals surface area contributed by atoms with Crippen LogP contribution in [-0.2, 0) is 4.79 Å². The molecule has 0 unspecified atom stereocenters. The van der Waals surface area contributed by atoms with Gasteiger partial charge in [0.1, 0.15) is 22.1 Å². The van der Waals surface area contributed by atoms with Crippen molar-refractivity contribution in [1.29, 1.82) is 0 Å². The van der Waals surface area contributed by atoms with Gasteiger partial charge in [-0.25, -0.2) is 18.4 Å². The number of halogens is 3. The number of methoxy groups -OCH3 is 1. The zero-order valence-corrected chi connectivity index (χ0v) is 20.6. The summed E-state index contributed by atoms with van der Waals surface area (Å²) in [5.74, 6) is -5.03. The van der Waals surface area contributed by atoms with Crippen LogP contribution in [0.4, 0.5) is 19.3 Å². The average Bonchev–Trinajstić information content (AvgIpc) is 3.82. The van der Waals surface area contributed by atoms with Crippen LogP contribution in [0.5, 0.6) is 17.2 Å². The fraction of sp³-hybridized carbons (Fsp3) is 0.280. The van der Waals surface area contributed by atoms with Crippen LogP contribution in [0.2, 0.25) is 5.02 Å². The molecule has 0 bridgehead atoms. The van der Waals surface area contributed by atoms with E-state index in [-0.39, 0.29) is 52.5 Å². The largest absolute Gasteiger partial charge is 0.496 e. The third kappa shape index (κ3) is 4.86. The molecule has 1 heterocycles. The normalized spacial score (nSPS) is 15.5. The predicted molar refractivity (Wildman–Crippen MR) is 132 cm³/mol. The summed E-state index contributed by atoms with van der Waals surface area (Å²) in [6, 6.07) is 4.30. The number of carboxylic acid groups (broad SMARTS) is 1. The summed E-state index contributed by atoms with van der Waals surface area (Å²) in [5, 5.41) is 16.5. The molecule has 1 aromatic heterocycles. The number of carboxylic acids is 1. The summed E-state index contributed by atoms with van der Waals surface area (Å²) < 4.78 is 40.9. The molecule has 13 heteroatoms. The Hall–Kier alpha value is -4.19. The number of rotatable bonds is 8. The molecular formula is C25H21ClF2N4O6. The first-order valence-corrected chi connectivity index (χ1v) is 11.9. The summed E-state index contributed by atoms with van der Waals surface area (Å²) in [4.78, 5) is 40.6. The van der Waals surface area contributed by atoms with Crippen molar-refractivity contribution in [1.82, 2.24) is 15.6 Å². The highest BCUT2D eigenvalue weighted by Crippen LogP contribution is 2.40. The summed E-state index contributed by atoms with van der Waals surface area (Å²) in [6.45, 7) is 0. The van der Waals surface area contributed by atoms with Crippen LogP contribution in [0.25, 0.3) is 10.9 Å². The Morgan fingerprint density at radius 3 is 2.53 bits per heavy atom. The number of hydrogen-bond acceptors (Lipinski definition) is 6. The van der Waals surface area contributed by atoms with Crippen LogP contribution in [0, 0.1) is 11.6 Å². The number of carbonyl (C=O) groups is 3. The molecule has 0 aliphatic heterocycles. The van der Waals surface area contributed by atoms with Crippen molar-refractivity contribution in [2.45, 2.75) is 37.3 Å². The van der Waals surface area contributed by atoms with Crippen molar-refractivity contribution in [3.8, 4) is 17.2 Å². The van der Waals surface area contributed by atoms with E-state index in [1.54, 1.807) is 0 Å². The number of nitrogens with zero attached hydrogens (tertiary/aromatic N) is 1. The van der Waals surface area contributed by atoms with E-state index in [0.717, 1.165) is 18.9 Å². The van der Waals surface area contributed by atoms with Crippen molar-refractivity contribution in [2.75, 3.05) is 12.4 Å². The number of hydrogen-bond donors (Lipinski definition) is 4. The molecule has 4 N–H and O–H groups in total. The van der Waals surface area contributed by atoms with Crippen molar-refractivity contribution >= 4 is 46.1 Å². The quantitative estimate of drug-likeness (QED) is 0.303. The second-order valence-corrected chi connectivity index (χ2v) is 9.44. The van der Waals surface area contributed by atoms with Gasteiger partial charge >= 0.3 is 12.0 Å². The third-order valence-corrected chi connectivity index (χ3v) is 6.64. The fourth-order valence-electron chi connectivity index (χ4n) is 3.83. The molecule has 2 aliphatic carbocycles. The lowest BCUT2D eigenvalue weighted by Gasteiger charge is -2.17. The topological polar surface area (TPSA) is 139 Å². The van der Waals surface area contributed by atoms with Crippen molar-refractivity contribution < 1.29 is 37.7 Å². The molecule has 0 radical (unpaired) electrons. The molecule has 3 amide bonds. The molecule has 10 nitrogen and oxygen atoms in total. The van der Waals surface area contributed by atoms with Crippen LogP contribution < -0.4 is 25.4 Å². The van der Waals surface area contributed by atoms with Gasteiger partial charge in [-0.05, 0) is 37.8 Å². The lowest BCUT2D eigenvalue weighted by atomic mass is 10.1. The zero-order chi connectivity index (χ0) is 27.2. The van der Waals surface area contributed by atoms with E-state index in [4.69, 9.17) is 21.1 Å². The summed E-state index contributed by atoms with van der Waals surface area (Å²) in [5.41, 5.74) is -1.37. The summed E-state index contributed by atoms with van der Waals surface area (Å²) in [6.07, 6.45) is 3.55. The van der Waals surface area contributed by atoms with Gasteiger partial charge in [-0.3, -0.25) is 9.78 Å². The Kier molecular flexibility index (Phi) is 6.43. The fourth-order valence-corrected chi connectivity index (χ4v) is 4.02. The number of carbonyl (C=O) groups excluding carboxylic acids is 2. The van der Waals surface area contributed by atoms with E-state index in [9.17, 15) is 23.9 Å². The number of fused-ring (bicyclic) bond motifs is 1. The average molecular weight is 547 g/mol. The second-order valence-electron chi connectivity index (χ2n) is 9.06. The van der Waals surface area contributed by atoms with Crippen molar-refractivity contribution in [3.63, 3.8) is 0 Å². The van der Waals surface area contributed by atoms with Gasteiger partial charge in [0.15, 0.2) is 17.4 Å². The van der Waals surface area contributed by atoms with E-state index in [1.165, 1.54) is 31.5 Å². The molecule has 0 atom stereocenters. The van der Waals surface area contributed by atoms with E-state index >= 15 is 4.39 Å². The van der Waals surface area contributed by atoms with E-state index in [2.05, 4.69) is 20.9 Å². The molecule has 2 saturated carbocycles. The van der Waals surface area contributed by atoms with Gasteiger partial charge in [0.2, 0.25) is 0 Å². The van der Waals surface area contributed by atoms with E-state index < -0.39 is 45.9 Å². The molecular weight excluding hydrogens is 526 g/mol. The van der Waals surface area contributed by atoms with Gasteiger partial charge in [0, 0.05) is 29.8 Å². The number of amides is 3. The van der Waals surface area contributed by atoms with Gasteiger partial charge in [-0.1, -0.05) is 11.6 Å². The molecule has 2 aromatic carbocycles. The minimum atomic E-state index is -1.35. The van der Waals surface area contributed by atoms with Crippen molar-refractivity contribution in [3.05, 3.63) is 52.7 Å². The Morgan fingerprint density at radius 2 is 1.89 bits per heavy atom. The molecule has 5 rings (SSSR count). The molecule has 0 saturated heterocycles. The van der Waals surface area contributed by atoms with Gasteiger partial charge in [0.25, 0.3) is 5.91 Å². The molecule has 2 aliphatic rings. The Bertz CT molecular complexity index is 1490. The van der Waals surface area contributed by atoms with Crippen LogP contribution in [-0.4, -0.2) is 46.7 Å². The van der Waals surface area contributed by atoms with Crippen LogP contribution in [0.3, 0.4) is 0 Å². The maximum atomic E-state index is 15.1. The maximum absolute atomic E-state index is 15.1.